The van der Waals surface area contributed by atoms with Crippen LogP contribution in [0.4, 0.5) is 0 Å². The monoisotopic (exact) mass is 320 g/mol. The molecule has 1 atom stereocenters. The van der Waals surface area contributed by atoms with Gasteiger partial charge in [-0.15, -0.1) is 12.4 Å². The minimum absolute atomic E-state index is 0. The molecule has 0 bridgehead atoms. The van der Waals surface area contributed by atoms with E-state index in [-0.39, 0.29) is 30.3 Å². The van der Waals surface area contributed by atoms with E-state index in [9.17, 15) is 4.79 Å². The van der Waals surface area contributed by atoms with Crippen LogP contribution >= 0.6 is 12.4 Å². The first kappa shape index (κ1) is 18.7. The topological polar surface area (TPSA) is 70.6 Å². The lowest BCUT2D eigenvalue weighted by molar-refractivity contribution is -0.122. The Kier molecular flexibility index (Phi) is 8.56. The van der Waals surface area contributed by atoms with E-state index in [1.54, 1.807) is 0 Å². The molecule has 3 N–H and O–H groups in total. The van der Waals surface area contributed by atoms with Crippen LogP contribution in [0.3, 0.4) is 0 Å². The Hall–Kier alpha value is -0.360. The number of aliphatic hydroxyl groups is 1. The Balaban J connectivity index is 0.00000220. The second-order valence-corrected chi connectivity index (χ2v) is 6.28. The van der Waals surface area contributed by atoms with Gasteiger partial charge in [-0.25, -0.2) is 0 Å². The SMILES string of the molecule is Cl.O=C(CCC1CCNCC1)NCC1(CCO)CCOC1. The molecule has 0 aliphatic carbocycles. The fraction of sp³-hybridized carbons (Fsp3) is 0.933. The van der Waals surface area contributed by atoms with Gasteiger partial charge in [0.2, 0.25) is 5.91 Å². The first-order valence-electron chi connectivity index (χ1n) is 7.90. The summed E-state index contributed by atoms with van der Waals surface area (Å²) in [4.78, 5) is 12.0. The first-order valence-corrected chi connectivity index (χ1v) is 7.90. The van der Waals surface area contributed by atoms with Crippen LogP contribution in [0.5, 0.6) is 0 Å². The van der Waals surface area contributed by atoms with E-state index in [1.807, 2.05) is 0 Å². The predicted octanol–water partition coefficient (Wildman–Crippen LogP) is 1.09. The number of amides is 1. The molecular weight excluding hydrogens is 292 g/mol. The molecular formula is C15H29ClN2O3. The number of hydrogen-bond donors (Lipinski definition) is 3. The summed E-state index contributed by atoms with van der Waals surface area (Å²) in [5.41, 5.74) is -0.0425. The number of nitrogens with one attached hydrogen (secondary N) is 2. The Morgan fingerprint density at radius 1 is 1.38 bits per heavy atom. The molecule has 2 aliphatic heterocycles. The molecule has 2 rings (SSSR count). The van der Waals surface area contributed by atoms with Gasteiger partial charge in [0.05, 0.1) is 6.61 Å². The average Bonchev–Trinajstić information content (AvgIpc) is 2.93. The third-order valence-electron chi connectivity index (χ3n) is 4.73. The first-order chi connectivity index (χ1) is 9.74. The van der Waals surface area contributed by atoms with Crippen LogP contribution in [0.15, 0.2) is 0 Å². The summed E-state index contributed by atoms with van der Waals surface area (Å²) < 4.78 is 5.43. The zero-order valence-electron chi connectivity index (χ0n) is 12.7. The fourth-order valence-corrected chi connectivity index (χ4v) is 3.19. The summed E-state index contributed by atoms with van der Waals surface area (Å²) >= 11 is 0. The van der Waals surface area contributed by atoms with E-state index < -0.39 is 0 Å². The number of piperidine rings is 1. The zero-order valence-corrected chi connectivity index (χ0v) is 13.6. The van der Waals surface area contributed by atoms with Gasteiger partial charge >= 0.3 is 0 Å². The van der Waals surface area contributed by atoms with Crippen LogP contribution < -0.4 is 10.6 Å². The summed E-state index contributed by atoms with van der Waals surface area (Å²) in [5, 5.41) is 15.5. The normalized spacial score (nSPS) is 26.3. The van der Waals surface area contributed by atoms with Crippen molar-refractivity contribution in [3.8, 4) is 0 Å². The minimum Gasteiger partial charge on any atom is -0.396 e. The molecule has 2 fully saturated rings. The quantitative estimate of drug-likeness (QED) is 0.657. The summed E-state index contributed by atoms with van der Waals surface area (Å²) in [7, 11) is 0. The highest BCUT2D eigenvalue weighted by Gasteiger charge is 2.34. The highest BCUT2D eigenvalue weighted by Crippen LogP contribution is 2.31. The number of rotatable bonds is 7. The molecule has 0 aromatic rings. The fourth-order valence-electron chi connectivity index (χ4n) is 3.19. The molecule has 0 spiro atoms. The Morgan fingerprint density at radius 3 is 2.76 bits per heavy atom. The van der Waals surface area contributed by atoms with Crippen molar-refractivity contribution in [3.63, 3.8) is 0 Å². The highest BCUT2D eigenvalue weighted by molar-refractivity contribution is 5.85. The number of carbonyl (C=O) groups excluding carboxylic acids is 1. The molecule has 0 aromatic carbocycles. The summed E-state index contributed by atoms with van der Waals surface area (Å²) in [6.45, 7) is 4.37. The smallest absolute Gasteiger partial charge is 0.220 e. The van der Waals surface area contributed by atoms with E-state index in [2.05, 4.69) is 10.6 Å². The maximum absolute atomic E-state index is 12.0. The molecule has 2 heterocycles. The predicted molar refractivity (Wildman–Crippen MR) is 84.7 cm³/mol. The zero-order chi connectivity index (χ0) is 14.3. The van der Waals surface area contributed by atoms with Crippen LogP contribution in [0, 0.1) is 11.3 Å². The van der Waals surface area contributed by atoms with Crippen molar-refractivity contribution in [1.82, 2.24) is 10.6 Å². The molecule has 5 nitrogen and oxygen atoms in total. The van der Waals surface area contributed by atoms with Gasteiger partial charge in [0, 0.05) is 31.6 Å². The largest absolute Gasteiger partial charge is 0.396 e. The number of halogens is 1. The molecule has 2 aliphatic rings. The van der Waals surface area contributed by atoms with E-state index >= 15 is 0 Å². The van der Waals surface area contributed by atoms with Gasteiger partial charge in [-0.05, 0) is 51.1 Å². The molecule has 0 radical (unpaired) electrons. The number of aliphatic hydroxyl groups excluding tert-OH is 1. The molecule has 2 saturated heterocycles. The van der Waals surface area contributed by atoms with Crippen LogP contribution in [-0.2, 0) is 9.53 Å². The minimum atomic E-state index is -0.0425. The third-order valence-corrected chi connectivity index (χ3v) is 4.73. The van der Waals surface area contributed by atoms with Crippen molar-refractivity contribution in [3.05, 3.63) is 0 Å². The van der Waals surface area contributed by atoms with Crippen molar-refractivity contribution in [1.29, 1.82) is 0 Å². The molecule has 0 saturated carbocycles. The number of ether oxygens (including phenoxy) is 1. The summed E-state index contributed by atoms with van der Waals surface area (Å²) in [6, 6.07) is 0. The Labute approximate surface area is 133 Å². The van der Waals surface area contributed by atoms with Gasteiger partial charge in [-0.1, -0.05) is 0 Å². The van der Waals surface area contributed by atoms with Gasteiger partial charge in [0.15, 0.2) is 0 Å². The van der Waals surface area contributed by atoms with Crippen molar-refractivity contribution in [2.45, 2.75) is 38.5 Å². The van der Waals surface area contributed by atoms with Crippen LogP contribution in [0.1, 0.15) is 38.5 Å². The lowest BCUT2D eigenvalue weighted by Gasteiger charge is -2.27. The highest BCUT2D eigenvalue weighted by atomic mass is 35.5. The van der Waals surface area contributed by atoms with Gasteiger partial charge in [-0.3, -0.25) is 4.79 Å². The third kappa shape index (κ3) is 6.10. The van der Waals surface area contributed by atoms with E-state index in [0.717, 1.165) is 32.5 Å². The number of carbonyl (C=O) groups is 1. The molecule has 21 heavy (non-hydrogen) atoms. The van der Waals surface area contributed by atoms with Gasteiger partial charge in [0.1, 0.15) is 0 Å². The van der Waals surface area contributed by atoms with Gasteiger partial charge < -0.3 is 20.5 Å². The molecule has 1 unspecified atom stereocenters. The van der Waals surface area contributed by atoms with Crippen LogP contribution in [0.2, 0.25) is 0 Å². The van der Waals surface area contributed by atoms with Crippen LogP contribution in [-0.4, -0.2) is 50.5 Å². The standard InChI is InChI=1S/C15H28N2O3.ClH/c18-9-5-15(6-10-20-12-15)11-17-14(19)2-1-13-3-7-16-8-4-13;/h13,16,18H,1-12H2,(H,17,19);1H. The van der Waals surface area contributed by atoms with E-state index in [4.69, 9.17) is 9.84 Å². The lowest BCUT2D eigenvalue weighted by Crippen LogP contribution is -2.39. The second kappa shape index (κ2) is 9.62. The van der Waals surface area contributed by atoms with Crippen LogP contribution in [0.25, 0.3) is 0 Å². The second-order valence-electron chi connectivity index (χ2n) is 6.28. The Bertz CT molecular complexity index is 303. The molecule has 1 amide bonds. The van der Waals surface area contributed by atoms with Crippen molar-refractivity contribution in [2.24, 2.45) is 11.3 Å². The maximum Gasteiger partial charge on any atom is 0.220 e. The maximum atomic E-state index is 12.0. The van der Waals surface area contributed by atoms with Crippen molar-refractivity contribution < 1.29 is 14.6 Å². The van der Waals surface area contributed by atoms with Gasteiger partial charge in [0.25, 0.3) is 0 Å². The molecule has 124 valence electrons. The molecule has 0 aromatic heterocycles. The van der Waals surface area contributed by atoms with Crippen molar-refractivity contribution in [2.75, 3.05) is 39.5 Å². The Morgan fingerprint density at radius 2 is 2.14 bits per heavy atom. The average molecular weight is 321 g/mol. The van der Waals surface area contributed by atoms with Crippen molar-refractivity contribution >= 4 is 18.3 Å². The molecule has 6 heteroatoms. The van der Waals surface area contributed by atoms with Gasteiger partial charge in [-0.2, -0.15) is 0 Å². The lowest BCUT2D eigenvalue weighted by atomic mass is 9.84. The summed E-state index contributed by atoms with van der Waals surface area (Å²) in [5.74, 6) is 0.843. The van der Waals surface area contributed by atoms with E-state index in [0.29, 0.717) is 31.9 Å². The summed E-state index contributed by atoms with van der Waals surface area (Å²) in [6.07, 6.45) is 5.65. The van der Waals surface area contributed by atoms with E-state index in [1.165, 1.54) is 12.8 Å². The number of hydrogen-bond acceptors (Lipinski definition) is 4.